The minimum atomic E-state index is -0.122. The molecule has 1 N–H and O–H groups in total. The summed E-state index contributed by atoms with van der Waals surface area (Å²) in [6, 6.07) is 11.2. The van der Waals surface area contributed by atoms with Gasteiger partial charge in [-0.1, -0.05) is 30.8 Å². The number of para-hydroxylation sites is 2. The fourth-order valence-electron chi connectivity index (χ4n) is 3.69. The lowest BCUT2D eigenvalue weighted by molar-refractivity contribution is -0.113. The maximum Gasteiger partial charge on any atom is 0.234 e. The molecule has 1 aliphatic heterocycles. The highest BCUT2D eigenvalue weighted by molar-refractivity contribution is 7.99. The molecule has 4 rings (SSSR count). The van der Waals surface area contributed by atoms with E-state index < -0.39 is 0 Å². The molecule has 0 radical (unpaired) electrons. The van der Waals surface area contributed by atoms with Crippen LogP contribution >= 0.6 is 11.8 Å². The third-order valence-corrected chi connectivity index (χ3v) is 6.42. The van der Waals surface area contributed by atoms with Crippen molar-refractivity contribution >= 4 is 29.3 Å². The average Bonchev–Trinajstić information content (AvgIpc) is 3.45. The number of nitrogens with one attached hydrogen (secondary N) is 1. The molecule has 3 heterocycles. The number of nitrogens with zero attached hydrogens (tertiary/aromatic N) is 4. The summed E-state index contributed by atoms with van der Waals surface area (Å²) >= 11 is 1.37. The molecule has 0 saturated carbocycles. The molecule has 1 amide bonds. The monoisotopic (exact) mass is 455 g/mol. The second-order valence-electron chi connectivity index (χ2n) is 7.88. The number of ether oxygens (including phenoxy) is 1. The van der Waals surface area contributed by atoms with Gasteiger partial charge in [0.25, 0.3) is 0 Å². The van der Waals surface area contributed by atoms with Gasteiger partial charge in [0.2, 0.25) is 11.9 Å². The summed E-state index contributed by atoms with van der Waals surface area (Å²) in [6.45, 7) is 7.18. The number of hydrogen-bond acceptors (Lipinski definition) is 7. The summed E-state index contributed by atoms with van der Waals surface area (Å²) < 4.78 is 13.2. The van der Waals surface area contributed by atoms with Crippen molar-refractivity contribution < 1.29 is 13.9 Å². The Hall–Kier alpha value is -2.94. The molecule has 2 aromatic heterocycles. The molecule has 0 aliphatic carbocycles. The number of carbonyl (C=O) groups is 1. The number of rotatable bonds is 9. The molecule has 3 aromatic rings. The Bertz CT molecular complexity index is 1010. The van der Waals surface area contributed by atoms with Crippen LogP contribution in [-0.4, -0.2) is 46.1 Å². The van der Waals surface area contributed by atoms with Crippen LogP contribution in [0.15, 0.2) is 52.2 Å². The fraction of sp³-hybridized carbons (Fsp3) is 0.435. The molecule has 0 atom stereocenters. The van der Waals surface area contributed by atoms with E-state index in [0.29, 0.717) is 29.7 Å². The van der Waals surface area contributed by atoms with Gasteiger partial charge >= 0.3 is 0 Å². The Labute approximate surface area is 192 Å². The highest BCUT2D eigenvalue weighted by Gasteiger charge is 2.23. The smallest absolute Gasteiger partial charge is 0.234 e. The van der Waals surface area contributed by atoms with E-state index in [1.165, 1.54) is 11.8 Å². The van der Waals surface area contributed by atoms with Gasteiger partial charge in [0.1, 0.15) is 11.5 Å². The van der Waals surface area contributed by atoms with Crippen molar-refractivity contribution in [2.75, 3.05) is 35.7 Å². The summed E-state index contributed by atoms with van der Waals surface area (Å²) in [5.74, 6) is 3.14. The number of anilines is 2. The van der Waals surface area contributed by atoms with Crippen LogP contribution in [-0.2, 0) is 11.3 Å². The largest absolute Gasteiger partial charge is 0.492 e. The minimum absolute atomic E-state index is 0.122. The number of hydrogen-bond donors (Lipinski definition) is 1. The number of thioether (sulfide) groups is 1. The first kappa shape index (κ1) is 22.3. The van der Waals surface area contributed by atoms with Crippen LogP contribution in [0, 0.1) is 5.92 Å². The Morgan fingerprint density at radius 1 is 1.22 bits per heavy atom. The molecule has 0 bridgehead atoms. The number of carbonyl (C=O) groups excluding carboxylic acids is 1. The zero-order valence-corrected chi connectivity index (χ0v) is 19.3. The Balaban J connectivity index is 1.46. The minimum Gasteiger partial charge on any atom is -0.492 e. The third-order valence-electron chi connectivity index (χ3n) is 5.45. The van der Waals surface area contributed by atoms with E-state index in [1.54, 1.807) is 6.26 Å². The van der Waals surface area contributed by atoms with E-state index in [-0.39, 0.29) is 11.7 Å². The van der Waals surface area contributed by atoms with E-state index in [0.717, 1.165) is 43.6 Å². The zero-order chi connectivity index (χ0) is 22.3. The second-order valence-corrected chi connectivity index (χ2v) is 8.83. The summed E-state index contributed by atoms with van der Waals surface area (Å²) in [5, 5.41) is 12.5. The van der Waals surface area contributed by atoms with Crippen molar-refractivity contribution in [3.05, 3.63) is 48.4 Å². The highest BCUT2D eigenvalue weighted by atomic mass is 32.2. The topological polar surface area (TPSA) is 85.4 Å². The van der Waals surface area contributed by atoms with Gasteiger partial charge in [-0.25, -0.2) is 0 Å². The molecule has 9 heteroatoms. The first-order valence-corrected chi connectivity index (χ1v) is 12.0. The van der Waals surface area contributed by atoms with Gasteiger partial charge in [-0.2, -0.15) is 0 Å². The maximum absolute atomic E-state index is 12.6. The quantitative estimate of drug-likeness (QED) is 0.482. The SMILES string of the molecule is CCOc1ccccc1NC(=O)CSc1nnc(N2CCC(C)CC2)n1Cc1ccco1. The van der Waals surface area contributed by atoms with Crippen LogP contribution in [0.5, 0.6) is 5.75 Å². The van der Waals surface area contributed by atoms with E-state index in [4.69, 9.17) is 9.15 Å². The molecular formula is C23H29N5O3S. The molecule has 32 heavy (non-hydrogen) atoms. The van der Waals surface area contributed by atoms with Crippen LogP contribution in [0.3, 0.4) is 0 Å². The van der Waals surface area contributed by atoms with Crippen LogP contribution < -0.4 is 15.0 Å². The summed E-state index contributed by atoms with van der Waals surface area (Å²) in [7, 11) is 0. The lowest BCUT2D eigenvalue weighted by Gasteiger charge is -2.31. The zero-order valence-electron chi connectivity index (χ0n) is 18.5. The van der Waals surface area contributed by atoms with Crippen LogP contribution in [0.2, 0.25) is 0 Å². The molecule has 0 unspecified atom stereocenters. The number of benzene rings is 1. The number of aromatic nitrogens is 3. The standard InChI is InChI=1S/C23H29N5O3S/c1-3-30-20-9-5-4-8-19(20)24-21(29)16-32-23-26-25-22(27-12-10-17(2)11-13-27)28(23)15-18-7-6-14-31-18/h4-9,14,17H,3,10-13,15-16H2,1-2H3,(H,24,29). The van der Waals surface area contributed by atoms with Crippen molar-refractivity contribution in [3.8, 4) is 5.75 Å². The van der Waals surface area contributed by atoms with Gasteiger partial charge in [0.05, 0.1) is 30.9 Å². The highest BCUT2D eigenvalue weighted by Crippen LogP contribution is 2.28. The molecule has 8 nitrogen and oxygen atoms in total. The van der Waals surface area contributed by atoms with Gasteiger partial charge < -0.3 is 19.4 Å². The van der Waals surface area contributed by atoms with Gasteiger partial charge in [0, 0.05) is 13.1 Å². The van der Waals surface area contributed by atoms with Crippen LogP contribution in [0.1, 0.15) is 32.4 Å². The van der Waals surface area contributed by atoms with Gasteiger partial charge in [0.15, 0.2) is 5.16 Å². The molecule has 1 aliphatic rings. The number of piperidine rings is 1. The molecule has 170 valence electrons. The molecule has 1 saturated heterocycles. The predicted octanol–water partition coefficient (Wildman–Crippen LogP) is 4.29. The summed E-state index contributed by atoms with van der Waals surface area (Å²) in [5.41, 5.74) is 0.667. The van der Waals surface area contributed by atoms with Gasteiger partial charge in [-0.3, -0.25) is 9.36 Å². The normalized spacial score (nSPS) is 14.5. The summed E-state index contributed by atoms with van der Waals surface area (Å²) in [6.07, 6.45) is 3.94. The van der Waals surface area contributed by atoms with E-state index in [2.05, 4.69) is 27.3 Å². The van der Waals surface area contributed by atoms with Crippen molar-refractivity contribution in [2.24, 2.45) is 5.92 Å². The maximum atomic E-state index is 12.6. The Morgan fingerprint density at radius 2 is 2.03 bits per heavy atom. The van der Waals surface area contributed by atoms with Crippen molar-refractivity contribution in [1.82, 2.24) is 14.8 Å². The number of furan rings is 1. The summed E-state index contributed by atoms with van der Waals surface area (Å²) in [4.78, 5) is 14.9. The molecule has 1 fully saturated rings. The third kappa shape index (κ3) is 5.45. The first-order chi connectivity index (χ1) is 15.6. The fourth-order valence-corrected chi connectivity index (χ4v) is 4.43. The first-order valence-electron chi connectivity index (χ1n) is 11.0. The van der Waals surface area contributed by atoms with Crippen LogP contribution in [0.25, 0.3) is 0 Å². The predicted molar refractivity (Wildman–Crippen MR) is 125 cm³/mol. The van der Waals surface area contributed by atoms with E-state index >= 15 is 0 Å². The number of amides is 1. The van der Waals surface area contributed by atoms with E-state index in [9.17, 15) is 4.79 Å². The Morgan fingerprint density at radius 3 is 2.78 bits per heavy atom. The van der Waals surface area contributed by atoms with Crippen LogP contribution in [0.4, 0.5) is 11.6 Å². The Kier molecular flexibility index (Phi) is 7.36. The van der Waals surface area contributed by atoms with Gasteiger partial charge in [-0.15, -0.1) is 10.2 Å². The van der Waals surface area contributed by atoms with Gasteiger partial charge in [-0.05, 0) is 49.9 Å². The van der Waals surface area contributed by atoms with Crippen molar-refractivity contribution in [1.29, 1.82) is 0 Å². The van der Waals surface area contributed by atoms with Crippen molar-refractivity contribution in [3.63, 3.8) is 0 Å². The molecular weight excluding hydrogens is 426 g/mol. The van der Waals surface area contributed by atoms with Crippen molar-refractivity contribution in [2.45, 2.75) is 38.4 Å². The second kappa shape index (κ2) is 10.6. The molecule has 1 aromatic carbocycles. The molecule has 0 spiro atoms. The lowest BCUT2D eigenvalue weighted by atomic mass is 10.00. The van der Waals surface area contributed by atoms with E-state index in [1.807, 2.05) is 47.9 Å². The average molecular weight is 456 g/mol. The lowest BCUT2D eigenvalue weighted by Crippen LogP contribution is -2.35.